The molecular weight excluding hydrogens is 542 g/mol. The fraction of sp³-hybridized carbons (Fsp3) is 0.0800. The highest BCUT2D eigenvalue weighted by Gasteiger charge is 2.21. The first-order valence-corrected chi connectivity index (χ1v) is 11.9. The van der Waals surface area contributed by atoms with E-state index >= 15 is 4.39 Å². The van der Waals surface area contributed by atoms with Crippen molar-refractivity contribution in [3.63, 3.8) is 0 Å². The second-order valence-electron chi connectivity index (χ2n) is 7.79. The predicted molar refractivity (Wildman–Crippen MR) is 134 cm³/mol. The van der Waals surface area contributed by atoms with Gasteiger partial charge < -0.3 is 9.15 Å². The van der Waals surface area contributed by atoms with Crippen molar-refractivity contribution in [1.82, 2.24) is 25.2 Å². The van der Waals surface area contributed by atoms with Crippen LogP contribution in [0.1, 0.15) is 22.6 Å². The van der Waals surface area contributed by atoms with Crippen molar-refractivity contribution in [1.29, 1.82) is 5.26 Å². The van der Waals surface area contributed by atoms with Crippen LogP contribution in [0.2, 0.25) is 15.2 Å². The van der Waals surface area contributed by atoms with E-state index in [1.165, 1.54) is 35.0 Å². The average Bonchev–Trinajstić information content (AvgIpc) is 3.50. The molecule has 0 aliphatic rings. The zero-order chi connectivity index (χ0) is 25.9. The zero-order valence-electron chi connectivity index (χ0n) is 18.7. The van der Waals surface area contributed by atoms with Crippen LogP contribution in [0.25, 0.3) is 11.6 Å². The van der Waals surface area contributed by atoms with Crippen LogP contribution in [0.4, 0.5) is 4.39 Å². The van der Waals surface area contributed by atoms with Gasteiger partial charge in [0.2, 0.25) is 5.89 Å². The number of nitriles is 1. The van der Waals surface area contributed by atoms with Gasteiger partial charge in [-0.2, -0.15) is 5.26 Å². The summed E-state index contributed by atoms with van der Waals surface area (Å²) in [6.07, 6.45) is -0.0544. The molecule has 12 heteroatoms. The lowest BCUT2D eigenvalue weighted by Crippen LogP contribution is -2.01. The van der Waals surface area contributed by atoms with Gasteiger partial charge in [0.15, 0.2) is 22.4 Å². The third-order valence-electron chi connectivity index (χ3n) is 5.21. The first-order valence-electron chi connectivity index (χ1n) is 10.7. The van der Waals surface area contributed by atoms with E-state index < -0.39 is 5.82 Å². The maximum Gasteiger partial charge on any atom is 0.271 e. The summed E-state index contributed by atoms with van der Waals surface area (Å²) < 4.78 is 28.2. The molecule has 37 heavy (non-hydrogen) atoms. The number of nitrogens with zero attached hydrogens (tertiary/aromatic N) is 6. The number of halogens is 4. The molecule has 2 aromatic heterocycles. The molecule has 0 atom stereocenters. The first-order chi connectivity index (χ1) is 17.9. The third kappa shape index (κ3) is 5.42. The third-order valence-corrected chi connectivity index (χ3v) is 6.10. The quantitative estimate of drug-likeness (QED) is 0.219. The van der Waals surface area contributed by atoms with Crippen molar-refractivity contribution in [2.45, 2.75) is 13.0 Å². The molecule has 0 aliphatic carbocycles. The summed E-state index contributed by atoms with van der Waals surface area (Å²) in [5.41, 5.74) is 1.65. The number of hydrogen-bond acceptors (Lipinski definition) is 7. The Bertz CT molecular complexity index is 1630. The Morgan fingerprint density at radius 3 is 2.59 bits per heavy atom. The van der Waals surface area contributed by atoms with E-state index in [9.17, 15) is 0 Å². The summed E-state index contributed by atoms with van der Waals surface area (Å²) in [6.45, 7) is 0.412. The smallest absolute Gasteiger partial charge is 0.271 e. The largest absolute Gasteiger partial charge is 0.453 e. The second kappa shape index (κ2) is 10.6. The fourth-order valence-corrected chi connectivity index (χ4v) is 4.10. The highest BCUT2D eigenvalue weighted by atomic mass is 35.5. The van der Waals surface area contributed by atoms with Crippen molar-refractivity contribution < 1.29 is 13.5 Å². The average molecular weight is 556 g/mol. The molecule has 0 saturated carbocycles. The molecule has 0 aliphatic heterocycles. The van der Waals surface area contributed by atoms with Crippen LogP contribution >= 0.6 is 34.8 Å². The van der Waals surface area contributed by atoms with Crippen molar-refractivity contribution in [2.75, 3.05) is 0 Å². The van der Waals surface area contributed by atoms with Crippen molar-refractivity contribution in [3.8, 4) is 29.2 Å². The molecule has 0 spiro atoms. The van der Waals surface area contributed by atoms with Gasteiger partial charge in [0, 0.05) is 10.6 Å². The minimum Gasteiger partial charge on any atom is -0.453 e. The van der Waals surface area contributed by atoms with Gasteiger partial charge in [-0.3, -0.25) is 0 Å². The Labute approximate surface area is 224 Å². The van der Waals surface area contributed by atoms with Crippen LogP contribution < -0.4 is 4.74 Å². The van der Waals surface area contributed by atoms with E-state index in [2.05, 4.69) is 20.5 Å². The highest BCUT2D eigenvalue weighted by Crippen LogP contribution is 2.36. The molecule has 0 saturated heterocycles. The van der Waals surface area contributed by atoms with Crippen LogP contribution in [-0.4, -0.2) is 25.2 Å². The minimum absolute atomic E-state index is 0.0350. The van der Waals surface area contributed by atoms with E-state index in [1.54, 1.807) is 0 Å². The van der Waals surface area contributed by atoms with Gasteiger partial charge in [0.05, 0.1) is 29.6 Å². The Morgan fingerprint density at radius 2 is 1.81 bits per heavy atom. The molecular formula is C25H14Cl3FN6O2. The van der Waals surface area contributed by atoms with E-state index in [0.29, 0.717) is 6.54 Å². The monoisotopic (exact) mass is 554 g/mol. The van der Waals surface area contributed by atoms with E-state index in [0.717, 1.165) is 5.56 Å². The molecule has 5 aromatic rings. The van der Waals surface area contributed by atoms with Gasteiger partial charge in [0.25, 0.3) is 5.89 Å². The van der Waals surface area contributed by atoms with Gasteiger partial charge in [-0.15, -0.1) is 15.3 Å². The molecule has 0 fully saturated rings. The number of benzene rings is 3. The Morgan fingerprint density at radius 1 is 1.00 bits per heavy atom. The molecule has 8 nitrogen and oxygen atoms in total. The molecule has 3 aromatic carbocycles. The van der Waals surface area contributed by atoms with E-state index in [4.69, 9.17) is 49.2 Å². The molecule has 0 bridgehead atoms. The first kappa shape index (κ1) is 24.7. The van der Waals surface area contributed by atoms with Crippen molar-refractivity contribution in [3.05, 3.63) is 104 Å². The predicted octanol–water partition coefficient (Wildman–Crippen LogP) is 6.73. The molecule has 0 unspecified atom stereocenters. The molecule has 2 heterocycles. The van der Waals surface area contributed by atoms with Gasteiger partial charge in [-0.05, 0) is 29.8 Å². The van der Waals surface area contributed by atoms with Crippen molar-refractivity contribution >= 4 is 34.8 Å². The van der Waals surface area contributed by atoms with Gasteiger partial charge in [0.1, 0.15) is 5.75 Å². The Balaban J connectivity index is 1.37. The zero-order valence-corrected chi connectivity index (χ0v) is 21.0. The number of ether oxygens (including phenoxy) is 1. The summed E-state index contributed by atoms with van der Waals surface area (Å²) in [6, 6.07) is 18.9. The van der Waals surface area contributed by atoms with Crippen LogP contribution in [-0.2, 0) is 13.0 Å². The summed E-state index contributed by atoms with van der Waals surface area (Å²) >= 11 is 18.6. The summed E-state index contributed by atoms with van der Waals surface area (Å²) in [5.74, 6) is -0.622. The molecule has 0 amide bonds. The topological polar surface area (TPSA) is 103 Å². The SMILES string of the molecule is N#Cc1cc(Cl)cc(Oc2c(Cl)ccc(Cc3nnc(-c4nnn(Cc5ccccc5)c4Cl)o3)c2F)c1. The fourth-order valence-electron chi connectivity index (χ4n) is 3.48. The summed E-state index contributed by atoms with van der Waals surface area (Å²) in [7, 11) is 0. The summed E-state index contributed by atoms with van der Waals surface area (Å²) in [4.78, 5) is 0. The van der Waals surface area contributed by atoms with E-state index in [-0.39, 0.29) is 61.7 Å². The molecule has 5 rings (SSSR count). The second-order valence-corrected chi connectivity index (χ2v) is 8.99. The lowest BCUT2D eigenvalue weighted by Gasteiger charge is -2.11. The number of aromatic nitrogens is 5. The molecule has 0 radical (unpaired) electrons. The maximum absolute atomic E-state index is 15.3. The molecule has 184 valence electrons. The maximum atomic E-state index is 15.3. The van der Waals surface area contributed by atoms with Crippen molar-refractivity contribution in [2.24, 2.45) is 0 Å². The summed E-state index contributed by atoms with van der Waals surface area (Å²) in [5, 5.41) is 25.7. The van der Waals surface area contributed by atoms with E-state index in [1.807, 2.05) is 36.4 Å². The lowest BCUT2D eigenvalue weighted by molar-refractivity contribution is 0.437. The van der Waals surface area contributed by atoms with Crippen LogP contribution in [0.5, 0.6) is 11.5 Å². The van der Waals surface area contributed by atoms with Crippen LogP contribution in [0, 0.1) is 17.1 Å². The normalized spacial score (nSPS) is 10.9. The highest BCUT2D eigenvalue weighted by molar-refractivity contribution is 6.32. The standard InChI is InChI=1S/C25H14Cl3FN6O2/c26-17-8-15(12-30)9-18(11-17)36-23-19(27)7-6-16(21(23)29)10-20-31-33-25(37-20)22-24(28)35(34-32-22)13-14-4-2-1-3-5-14/h1-9,11H,10,13H2. The lowest BCUT2D eigenvalue weighted by atomic mass is 10.1. The Hall–Kier alpha value is -3.97. The number of rotatable bonds is 7. The van der Waals surface area contributed by atoms with Gasteiger partial charge >= 0.3 is 0 Å². The van der Waals surface area contributed by atoms with Gasteiger partial charge in [-0.1, -0.05) is 76.4 Å². The van der Waals surface area contributed by atoms with Crippen LogP contribution in [0.3, 0.4) is 0 Å². The minimum atomic E-state index is -0.724. The van der Waals surface area contributed by atoms with Gasteiger partial charge in [-0.25, -0.2) is 9.07 Å². The number of hydrogen-bond donors (Lipinski definition) is 0. The Kier molecular flexibility index (Phi) is 7.06. The van der Waals surface area contributed by atoms with Crippen LogP contribution in [0.15, 0.2) is 65.1 Å². The molecule has 0 N–H and O–H groups in total.